The van der Waals surface area contributed by atoms with Gasteiger partial charge in [0.1, 0.15) is 0 Å². The molecule has 0 aromatic rings. The van der Waals surface area contributed by atoms with Crippen molar-refractivity contribution in [2.45, 2.75) is 38.7 Å². The smallest absolute Gasteiger partial charge is 0.0897 e. The van der Waals surface area contributed by atoms with E-state index >= 15 is 0 Å². The molecule has 1 aliphatic heterocycles. The molecule has 2 unspecified atom stereocenters. The minimum Gasteiger partial charge on any atom is -0.389 e. The molecule has 0 aliphatic carbocycles. The number of unbranched alkanes of at least 4 members (excludes halogenated alkanes) is 1. The van der Waals surface area contributed by atoms with Gasteiger partial charge in [0, 0.05) is 26.4 Å². The Hall–Kier alpha value is -0.160. The maximum Gasteiger partial charge on any atom is 0.0897 e. The van der Waals surface area contributed by atoms with Crippen LogP contribution in [0.15, 0.2) is 0 Å². The van der Waals surface area contributed by atoms with Gasteiger partial charge >= 0.3 is 0 Å². The van der Waals surface area contributed by atoms with Crippen molar-refractivity contribution in [2.24, 2.45) is 5.92 Å². The molecule has 4 heteroatoms. The van der Waals surface area contributed by atoms with Gasteiger partial charge in [0.2, 0.25) is 0 Å². The van der Waals surface area contributed by atoms with Crippen LogP contribution >= 0.6 is 0 Å². The number of ether oxygens (including phenoxy) is 2. The van der Waals surface area contributed by atoms with Gasteiger partial charge in [-0.3, -0.25) is 0 Å². The Bertz CT molecular complexity index is 172. The molecular formula is C13H27NO3. The Morgan fingerprint density at radius 2 is 2.41 bits per heavy atom. The van der Waals surface area contributed by atoms with Crippen LogP contribution in [0.5, 0.6) is 0 Å². The van der Waals surface area contributed by atoms with E-state index in [2.05, 4.69) is 12.2 Å². The zero-order valence-electron chi connectivity index (χ0n) is 11.0. The topological polar surface area (TPSA) is 50.7 Å². The zero-order chi connectivity index (χ0) is 12.3. The monoisotopic (exact) mass is 245 g/mol. The first kappa shape index (κ1) is 14.9. The highest BCUT2D eigenvalue weighted by Gasteiger charge is 2.14. The standard InChI is InChI=1S/C13H27NO3/c1-2-3-7-16-11-13(15)9-14-6-4-12-5-8-17-10-12/h12-15H,2-11H2,1H3. The molecule has 0 aromatic heterocycles. The van der Waals surface area contributed by atoms with E-state index in [0.29, 0.717) is 19.1 Å². The molecule has 1 heterocycles. The Balaban J connectivity index is 1.84. The van der Waals surface area contributed by atoms with Crippen molar-refractivity contribution >= 4 is 0 Å². The summed E-state index contributed by atoms with van der Waals surface area (Å²) in [6, 6.07) is 0. The largest absolute Gasteiger partial charge is 0.389 e. The summed E-state index contributed by atoms with van der Waals surface area (Å²) >= 11 is 0. The van der Waals surface area contributed by atoms with Crippen molar-refractivity contribution in [1.29, 1.82) is 0 Å². The number of nitrogens with one attached hydrogen (secondary N) is 1. The summed E-state index contributed by atoms with van der Waals surface area (Å²) < 4.78 is 10.7. The second kappa shape index (κ2) is 9.83. The Kier molecular flexibility index (Phi) is 8.61. The molecule has 0 amide bonds. The highest BCUT2D eigenvalue weighted by atomic mass is 16.5. The van der Waals surface area contributed by atoms with Crippen LogP contribution in [0.2, 0.25) is 0 Å². The molecule has 0 saturated carbocycles. The maximum atomic E-state index is 9.63. The molecule has 17 heavy (non-hydrogen) atoms. The summed E-state index contributed by atoms with van der Waals surface area (Å²) in [4.78, 5) is 0. The van der Waals surface area contributed by atoms with Gasteiger partial charge in [-0.05, 0) is 31.7 Å². The van der Waals surface area contributed by atoms with Crippen LogP contribution in [-0.2, 0) is 9.47 Å². The molecule has 102 valence electrons. The molecule has 2 atom stereocenters. The lowest BCUT2D eigenvalue weighted by Gasteiger charge is -2.13. The van der Waals surface area contributed by atoms with Crippen molar-refractivity contribution < 1.29 is 14.6 Å². The van der Waals surface area contributed by atoms with Gasteiger partial charge in [-0.1, -0.05) is 13.3 Å². The zero-order valence-corrected chi connectivity index (χ0v) is 11.0. The summed E-state index contributed by atoms with van der Waals surface area (Å²) in [5, 5.41) is 12.9. The minimum absolute atomic E-state index is 0.383. The molecule has 1 rings (SSSR count). The van der Waals surface area contributed by atoms with Crippen molar-refractivity contribution in [3.63, 3.8) is 0 Å². The SMILES string of the molecule is CCCCOCC(O)CNCCC1CCOC1. The molecular weight excluding hydrogens is 218 g/mol. The quantitative estimate of drug-likeness (QED) is 0.568. The van der Waals surface area contributed by atoms with Gasteiger partial charge in [0.05, 0.1) is 12.7 Å². The average Bonchev–Trinajstić information content (AvgIpc) is 2.83. The van der Waals surface area contributed by atoms with E-state index in [1.54, 1.807) is 0 Å². The Morgan fingerprint density at radius 1 is 1.53 bits per heavy atom. The number of aliphatic hydroxyl groups excluding tert-OH is 1. The van der Waals surface area contributed by atoms with E-state index < -0.39 is 0 Å². The Morgan fingerprint density at radius 3 is 3.12 bits per heavy atom. The molecule has 0 radical (unpaired) electrons. The summed E-state index contributed by atoms with van der Waals surface area (Å²) in [6.07, 6.45) is 4.15. The fourth-order valence-corrected chi connectivity index (χ4v) is 1.91. The van der Waals surface area contributed by atoms with Crippen molar-refractivity contribution in [3.05, 3.63) is 0 Å². The van der Waals surface area contributed by atoms with Crippen molar-refractivity contribution in [3.8, 4) is 0 Å². The average molecular weight is 245 g/mol. The fourth-order valence-electron chi connectivity index (χ4n) is 1.91. The normalized spacial score (nSPS) is 21.9. The lowest BCUT2D eigenvalue weighted by Crippen LogP contribution is -2.31. The maximum absolute atomic E-state index is 9.63. The molecule has 4 nitrogen and oxygen atoms in total. The van der Waals surface area contributed by atoms with Gasteiger partial charge in [0.25, 0.3) is 0 Å². The summed E-state index contributed by atoms with van der Waals surface area (Å²) in [5.41, 5.74) is 0. The third kappa shape index (κ3) is 7.71. The van der Waals surface area contributed by atoms with Crippen LogP contribution in [-0.4, -0.2) is 50.7 Å². The lowest BCUT2D eigenvalue weighted by atomic mass is 10.1. The second-order valence-corrected chi connectivity index (χ2v) is 4.80. The number of rotatable bonds is 10. The summed E-state index contributed by atoms with van der Waals surface area (Å²) in [5.74, 6) is 0.709. The van der Waals surface area contributed by atoms with Gasteiger partial charge in [-0.25, -0.2) is 0 Å². The third-order valence-electron chi connectivity index (χ3n) is 3.09. The van der Waals surface area contributed by atoms with E-state index in [9.17, 15) is 5.11 Å². The van der Waals surface area contributed by atoms with E-state index in [0.717, 1.165) is 45.6 Å². The first-order valence-corrected chi connectivity index (χ1v) is 6.87. The van der Waals surface area contributed by atoms with Crippen molar-refractivity contribution in [1.82, 2.24) is 5.32 Å². The first-order valence-electron chi connectivity index (χ1n) is 6.87. The highest BCUT2D eigenvalue weighted by Crippen LogP contribution is 2.14. The van der Waals surface area contributed by atoms with Crippen molar-refractivity contribution in [2.75, 3.05) is 39.5 Å². The molecule has 0 bridgehead atoms. The van der Waals surface area contributed by atoms with E-state index in [1.165, 1.54) is 6.42 Å². The minimum atomic E-state index is -0.383. The Labute approximate surface area is 105 Å². The van der Waals surface area contributed by atoms with Gasteiger partial charge in [-0.15, -0.1) is 0 Å². The van der Waals surface area contributed by atoms with Crippen LogP contribution in [0.4, 0.5) is 0 Å². The highest BCUT2D eigenvalue weighted by molar-refractivity contribution is 4.66. The first-order chi connectivity index (χ1) is 8.33. The van der Waals surface area contributed by atoms with E-state index in [1.807, 2.05) is 0 Å². The molecule has 1 saturated heterocycles. The van der Waals surface area contributed by atoms with Crippen LogP contribution in [0.3, 0.4) is 0 Å². The van der Waals surface area contributed by atoms with Crippen LogP contribution in [0.1, 0.15) is 32.6 Å². The van der Waals surface area contributed by atoms with Gasteiger partial charge in [-0.2, -0.15) is 0 Å². The number of hydrogen-bond acceptors (Lipinski definition) is 4. The number of hydrogen-bond donors (Lipinski definition) is 2. The molecule has 2 N–H and O–H groups in total. The van der Waals surface area contributed by atoms with Crippen LogP contribution < -0.4 is 5.32 Å². The van der Waals surface area contributed by atoms with Gasteiger partial charge < -0.3 is 19.9 Å². The number of aliphatic hydroxyl groups is 1. The molecule has 1 fully saturated rings. The van der Waals surface area contributed by atoms with E-state index in [-0.39, 0.29) is 6.10 Å². The second-order valence-electron chi connectivity index (χ2n) is 4.80. The molecule has 1 aliphatic rings. The molecule has 0 spiro atoms. The van der Waals surface area contributed by atoms with Crippen LogP contribution in [0.25, 0.3) is 0 Å². The summed E-state index contributed by atoms with van der Waals surface area (Å²) in [6.45, 7) is 6.74. The summed E-state index contributed by atoms with van der Waals surface area (Å²) in [7, 11) is 0. The predicted octanol–water partition coefficient (Wildman–Crippen LogP) is 1.18. The lowest BCUT2D eigenvalue weighted by molar-refractivity contribution is 0.0358. The third-order valence-corrected chi connectivity index (χ3v) is 3.09. The fraction of sp³-hybridized carbons (Fsp3) is 1.00. The molecule has 0 aromatic carbocycles. The van der Waals surface area contributed by atoms with Gasteiger partial charge in [0.15, 0.2) is 0 Å². The van der Waals surface area contributed by atoms with Crippen LogP contribution in [0, 0.1) is 5.92 Å². The van der Waals surface area contributed by atoms with E-state index in [4.69, 9.17) is 9.47 Å². The predicted molar refractivity (Wildman–Crippen MR) is 68.1 cm³/mol.